The second-order valence-electron chi connectivity index (χ2n) is 4.03. The van der Waals surface area contributed by atoms with Crippen molar-refractivity contribution in [2.75, 3.05) is 18.5 Å². The van der Waals surface area contributed by atoms with E-state index in [0.29, 0.717) is 19.8 Å². The smallest absolute Gasteiger partial charge is 0.180 e. The number of hydrogen-bond donors (Lipinski definition) is 1. The zero-order valence-corrected chi connectivity index (χ0v) is 9.89. The van der Waals surface area contributed by atoms with Gasteiger partial charge in [-0.1, -0.05) is 0 Å². The van der Waals surface area contributed by atoms with Gasteiger partial charge in [-0.05, 0) is 12.1 Å². The van der Waals surface area contributed by atoms with Crippen LogP contribution in [0.2, 0.25) is 0 Å². The predicted octanol–water partition coefficient (Wildman–Crippen LogP) is 2.45. The molecule has 1 N–H and O–H groups in total. The first-order valence-electron chi connectivity index (χ1n) is 5.93. The van der Waals surface area contributed by atoms with Crippen LogP contribution in [0.5, 0.6) is 11.5 Å². The summed E-state index contributed by atoms with van der Waals surface area (Å²) in [5.74, 6) is 2.38. The van der Waals surface area contributed by atoms with Crippen molar-refractivity contribution in [3.05, 3.63) is 36.5 Å². The summed E-state index contributed by atoms with van der Waals surface area (Å²) in [4.78, 5) is 3.87. The van der Waals surface area contributed by atoms with Gasteiger partial charge < -0.3 is 19.2 Å². The van der Waals surface area contributed by atoms with Crippen LogP contribution in [0.25, 0.3) is 0 Å². The Bertz CT molecular complexity index is 511. The zero-order chi connectivity index (χ0) is 12.2. The van der Waals surface area contributed by atoms with Gasteiger partial charge in [0.15, 0.2) is 17.9 Å². The van der Waals surface area contributed by atoms with Crippen molar-refractivity contribution in [1.82, 2.24) is 4.98 Å². The molecule has 0 bridgehead atoms. The summed E-state index contributed by atoms with van der Waals surface area (Å²) in [6, 6.07) is 5.82. The molecule has 2 aromatic rings. The van der Waals surface area contributed by atoms with Crippen molar-refractivity contribution in [3.63, 3.8) is 0 Å². The van der Waals surface area contributed by atoms with Crippen LogP contribution in [-0.2, 0) is 6.54 Å². The van der Waals surface area contributed by atoms with Crippen molar-refractivity contribution < 1.29 is 13.9 Å². The topological polar surface area (TPSA) is 56.5 Å². The molecule has 0 amide bonds. The van der Waals surface area contributed by atoms with E-state index in [1.807, 2.05) is 18.2 Å². The molecule has 1 aromatic heterocycles. The van der Waals surface area contributed by atoms with Gasteiger partial charge in [-0.3, -0.25) is 0 Å². The Labute approximate surface area is 105 Å². The van der Waals surface area contributed by atoms with E-state index in [-0.39, 0.29) is 0 Å². The second kappa shape index (κ2) is 5.00. The Morgan fingerprint density at radius 3 is 2.89 bits per heavy atom. The molecule has 1 aromatic carbocycles. The van der Waals surface area contributed by atoms with Crippen LogP contribution in [0.4, 0.5) is 5.69 Å². The molecule has 1 aliphatic heterocycles. The van der Waals surface area contributed by atoms with Crippen molar-refractivity contribution in [1.29, 1.82) is 0 Å². The fourth-order valence-corrected chi connectivity index (χ4v) is 1.79. The molecule has 0 saturated carbocycles. The minimum Gasteiger partial charge on any atom is -0.490 e. The van der Waals surface area contributed by atoms with Gasteiger partial charge in [-0.25, -0.2) is 4.98 Å². The average Bonchev–Trinajstić information content (AvgIpc) is 2.80. The average molecular weight is 246 g/mol. The summed E-state index contributed by atoms with van der Waals surface area (Å²) in [7, 11) is 0. The van der Waals surface area contributed by atoms with Gasteiger partial charge in [-0.15, -0.1) is 0 Å². The standard InChI is InChI=1S/C13H14N2O3/c1-4-16-12-3-2-10(6-13(12)17-5-1)15-8-11-7-14-9-18-11/h2-3,6-7,9,15H,1,4-5,8H2. The third kappa shape index (κ3) is 2.40. The van der Waals surface area contributed by atoms with Crippen LogP contribution in [0.3, 0.4) is 0 Å². The molecular formula is C13H14N2O3. The van der Waals surface area contributed by atoms with Crippen molar-refractivity contribution in [2.45, 2.75) is 13.0 Å². The van der Waals surface area contributed by atoms with Gasteiger partial charge in [0.25, 0.3) is 0 Å². The first kappa shape index (κ1) is 11.0. The minimum atomic E-state index is 0.597. The lowest BCUT2D eigenvalue weighted by Crippen LogP contribution is -1.99. The van der Waals surface area contributed by atoms with Crippen LogP contribution < -0.4 is 14.8 Å². The number of nitrogens with zero attached hydrogens (tertiary/aromatic N) is 1. The van der Waals surface area contributed by atoms with Gasteiger partial charge in [0.05, 0.1) is 26.0 Å². The van der Waals surface area contributed by atoms with E-state index in [4.69, 9.17) is 13.9 Å². The largest absolute Gasteiger partial charge is 0.490 e. The third-order valence-electron chi connectivity index (χ3n) is 2.70. The number of aromatic nitrogens is 1. The monoisotopic (exact) mass is 246 g/mol. The van der Waals surface area contributed by atoms with Crippen molar-refractivity contribution in [3.8, 4) is 11.5 Å². The molecule has 0 saturated heterocycles. The number of ether oxygens (including phenoxy) is 2. The Morgan fingerprint density at radius 1 is 1.17 bits per heavy atom. The summed E-state index contributed by atoms with van der Waals surface area (Å²) in [5.41, 5.74) is 0.968. The molecule has 1 aliphatic rings. The molecule has 0 spiro atoms. The number of benzene rings is 1. The molecule has 5 heteroatoms. The first-order chi connectivity index (χ1) is 8.92. The maximum Gasteiger partial charge on any atom is 0.180 e. The van der Waals surface area contributed by atoms with E-state index in [9.17, 15) is 0 Å². The summed E-state index contributed by atoms with van der Waals surface area (Å²) in [6.07, 6.45) is 4.02. The number of oxazole rings is 1. The molecule has 0 fully saturated rings. The van der Waals surface area contributed by atoms with Gasteiger partial charge in [-0.2, -0.15) is 0 Å². The van der Waals surface area contributed by atoms with Crippen LogP contribution in [0, 0.1) is 0 Å². The van der Waals surface area contributed by atoms with E-state index in [1.54, 1.807) is 6.20 Å². The lowest BCUT2D eigenvalue weighted by atomic mass is 10.2. The molecule has 18 heavy (non-hydrogen) atoms. The molecule has 3 rings (SSSR count). The molecule has 0 unspecified atom stereocenters. The summed E-state index contributed by atoms with van der Waals surface area (Å²) in [6.45, 7) is 2.00. The SMILES string of the molecule is c1ncc(CNc2ccc3c(c2)OCCCO3)o1. The third-order valence-corrected chi connectivity index (χ3v) is 2.70. The van der Waals surface area contributed by atoms with E-state index >= 15 is 0 Å². The molecule has 0 aliphatic carbocycles. The van der Waals surface area contributed by atoms with Crippen molar-refractivity contribution >= 4 is 5.69 Å². The lowest BCUT2D eigenvalue weighted by molar-refractivity contribution is 0.297. The Morgan fingerprint density at radius 2 is 2.06 bits per heavy atom. The zero-order valence-electron chi connectivity index (χ0n) is 9.89. The summed E-state index contributed by atoms with van der Waals surface area (Å²) in [5, 5.41) is 3.25. The fraction of sp³-hybridized carbons (Fsp3) is 0.308. The highest BCUT2D eigenvalue weighted by Gasteiger charge is 2.10. The molecule has 0 radical (unpaired) electrons. The van der Waals surface area contributed by atoms with Gasteiger partial charge in [0.2, 0.25) is 0 Å². The number of fused-ring (bicyclic) bond motifs is 1. The van der Waals surface area contributed by atoms with E-state index in [2.05, 4.69) is 10.3 Å². The molecule has 0 atom stereocenters. The maximum atomic E-state index is 5.63. The number of hydrogen-bond acceptors (Lipinski definition) is 5. The lowest BCUT2D eigenvalue weighted by Gasteiger charge is -2.10. The highest BCUT2D eigenvalue weighted by atomic mass is 16.5. The van der Waals surface area contributed by atoms with E-state index in [0.717, 1.165) is 29.4 Å². The minimum absolute atomic E-state index is 0.597. The Kier molecular flexibility index (Phi) is 3.04. The predicted molar refractivity (Wildman–Crippen MR) is 65.9 cm³/mol. The van der Waals surface area contributed by atoms with Crippen LogP contribution in [0.15, 0.2) is 35.2 Å². The molecule has 5 nitrogen and oxygen atoms in total. The van der Waals surface area contributed by atoms with Crippen LogP contribution in [-0.4, -0.2) is 18.2 Å². The van der Waals surface area contributed by atoms with E-state index < -0.39 is 0 Å². The summed E-state index contributed by atoms with van der Waals surface area (Å²) >= 11 is 0. The summed E-state index contributed by atoms with van der Waals surface area (Å²) < 4.78 is 16.4. The Hall–Kier alpha value is -2.17. The normalized spacial score (nSPS) is 14.0. The van der Waals surface area contributed by atoms with E-state index in [1.165, 1.54) is 6.39 Å². The number of anilines is 1. The fourth-order valence-electron chi connectivity index (χ4n) is 1.79. The molecular weight excluding hydrogens is 232 g/mol. The van der Waals surface area contributed by atoms with Crippen molar-refractivity contribution in [2.24, 2.45) is 0 Å². The van der Waals surface area contributed by atoms with Crippen LogP contribution >= 0.6 is 0 Å². The van der Waals surface area contributed by atoms with Gasteiger partial charge in [0, 0.05) is 18.2 Å². The van der Waals surface area contributed by atoms with Crippen LogP contribution in [0.1, 0.15) is 12.2 Å². The first-order valence-corrected chi connectivity index (χ1v) is 5.93. The van der Waals surface area contributed by atoms with Gasteiger partial charge in [0.1, 0.15) is 5.76 Å². The Balaban J connectivity index is 1.71. The second-order valence-corrected chi connectivity index (χ2v) is 4.03. The maximum absolute atomic E-state index is 5.63. The molecule has 2 heterocycles. The number of nitrogens with one attached hydrogen (secondary N) is 1. The quantitative estimate of drug-likeness (QED) is 0.901. The van der Waals surface area contributed by atoms with Gasteiger partial charge >= 0.3 is 0 Å². The highest BCUT2D eigenvalue weighted by Crippen LogP contribution is 2.32. The highest BCUT2D eigenvalue weighted by molar-refractivity contribution is 5.55. The molecule has 94 valence electrons. The number of rotatable bonds is 3.